The molecule has 7 heteroatoms. The van der Waals surface area contributed by atoms with E-state index < -0.39 is 0 Å². The summed E-state index contributed by atoms with van der Waals surface area (Å²) in [7, 11) is 4.29. The van der Waals surface area contributed by atoms with Crippen LogP contribution in [0, 0.1) is 0 Å². The summed E-state index contributed by atoms with van der Waals surface area (Å²) < 4.78 is 1.46. The van der Waals surface area contributed by atoms with E-state index in [1.54, 1.807) is 0 Å². The zero-order chi connectivity index (χ0) is 21.4. The number of hydrogen-bond acceptors (Lipinski definition) is 5. The fourth-order valence-corrected chi connectivity index (χ4v) is 4.84. The molecule has 0 atom stereocenters. The molecule has 0 unspecified atom stereocenters. The van der Waals surface area contributed by atoms with E-state index in [4.69, 9.17) is 10.1 Å². The maximum Gasteiger partial charge on any atom is 0.283 e. The minimum absolute atomic E-state index is 0.133. The third kappa shape index (κ3) is 3.56. The molecule has 0 fully saturated rings. The van der Waals surface area contributed by atoms with Gasteiger partial charge in [0.25, 0.3) is 5.56 Å². The highest BCUT2D eigenvalue weighted by Crippen LogP contribution is 2.32. The van der Waals surface area contributed by atoms with Gasteiger partial charge in [0.05, 0.1) is 26.0 Å². The number of fused-ring (bicyclic) bond motifs is 4. The zero-order valence-electron chi connectivity index (χ0n) is 17.6. The van der Waals surface area contributed by atoms with Gasteiger partial charge in [-0.1, -0.05) is 54.6 Å². The molecule has 0 aliphatic carbocycles. The van der Waals surface area contributed by atoms with Crippen molar-refractivity contribution < 1.29 is 4.90 Å². The quantitative estimate of drug-likeness (QED) is 0.321. The monoisotopic (exact) mass is 430 g/mol. The van der Waals surface area contributed by atoms with Crippen LogP contribution in [0.4, 0.5) is 5.82 Å². The highest BCUT2D eigenvalue weighted by Gasteiger charge is 2.17. The molecule has 31 heavy (non-hydrogen) atoms. The zero-order valence-corrected chi connectivity index (χ0v) is 18.4. The summed E-state index contributed by atoms with van der Waals surface area (Å²) in [4.78, 5) is 20.6. The van der Waals surface area contributed by atoms with Gasteiger partial charge >= 0.3 is 0 Å². The van der Waals surface area contributed by atoms with Gasteiger partial charge in [-0.2, -0.15) is 4.52 Å². The molecule has 2 aromatic carbocycles. The molecular weight excluding hydrogens is 406 g/mol. The molecule has 0 radical (unpaired) electrons. The van der Waals surface area contributed by atoms with Crippen LogP contribution in [-0.2, 0) is 0 Å². The van der Waals surface area contributed by atoms with Crippen molar-refractivity contribution in [2.45, 2.75) is 6.42 Å². The van der Waals surface area contributed by atoms with Crippen molar-refractivity contribution in [3.63, 3.8) is 0 Å². The van der Waals surface area contributed by atoms with Crippen LogP contribution in [-0.4, -0.2) is 41.8 Å². The van der Waals surface area contributed by atoms with E-state index in [-0.39, 0.29) is 5.56 Å². The number of quaternary nitrogens is 1. The molecule has 0 saturated heterocycles. The van der Waals surface area contributed by atoms with Crippen LogP contribution in [0.15, 0.2) is 64.8 Å². The number of nitrogens with zero attached hydrogens (tertiary/aromatic N) is 3. The first-order chi connectivity index (χ1) is 15.1. The molecule has 6 nitrogen and oxygen atoms in total. The Morgan fingerprint density at radius 2 is 1.77 bits per heavy atom. The highest BCUT2D eigenvalue weighted by atomic mass is 32.1. The third-order valence-electron chi connectivity index (χ3n) is 5.44. The SMILES string of the molecule is C[NH+](C)CCCNc1nn2c(=O)c3c(-c4ccccc4)csc3nc2c2ccccc12. The van der Waals surface area contributed by atoms with Crippen LogP contribution in [0.3, 0.4) is 0 Å². The summed E-state index contributed by atoms with van der Waals surface area (Å²) in [5, 5.41) is 12.7. The van der Waals surface area contributed by atoms with Crippen LogP contribution in [0.1, 0.15) is 6.42 Å². The molecular formula is C24H24N5OS+. The Balaban J connectivity index is 1.71. The van der Waals surface area contributed by atoms with Crippen molar-refractivity contribution in [2.24, 2.45) is 0 Å². The minimum Gasteiger partial charge on any atom is -0.368 e. The van der Waals surface area contributed by atoms with Crippen molar-refractivity contribution in [1.29, 1.82) is 0 Å². The summed E-state index contributed by atoms with van der Waals surface area (Å²) in [5.74, 6) is 0.719. The predicted molar refractivity (Wildman–Crippen MR) is 128 cm³/mol. The number of thiophene rings is 1. The van der Waals surface area contributed by atoms with E-state index in [0.717, 1.165) is 52.1 Å². The smallest absolute Gasteiger partial charge is 0.283 e. The van der Waals surface area contributed by atoms with E-state index in [2.05, 4.69) is 19.4 Å². The first kappa shape index (κ1) is 19.7. The van der Waals surface area contributed by atoms with Gasteiger partial charge < -0.3 is 10.2 Å². The van der Waals surface area contributed by atoms with E-state index in [0.29, 0.717) is 11.0 Å². The largest absolute Gasteiger partial charge is 0.368 e. The van der Waals surface area contributed by atoms with Crippen molar-refractivity contribution in [2.75, 3.05) is 32.5 Å². The van der Waals surface area contributed by atoms with Crippen molar-refractivity contribution in [3.8, 4) is 11.1 Å². The van der Waals surface area contributed by atoms with Crippen molar-refractivity contribution >= 4 is 43.8 Å². The summed E-state index contributed by atoms with van der Waals surface area (Å²) in [6.07, 6.45) is 1.02. The van der Waals surface area contributed by atoms with E-state index in [9.17, 15) is 4.79 Å². The predicted octanol–water partition coefficient (Wildman–Crippen LogP) is 3.07. The van der Waals surface area contributed by atoms with Crippen LogP contribution in [0.2, 0.25) is 0 Å². The summed E-state index contributed by atoms with van der Waals surface area (Å²) >= 11 is 1.50. The summed E-state index contributed by atoms with van der Waals surface area (Å²) in [6.45, 7) is 1.86. The molecule has 2 N–H and O–H groups in total. The second kappa shape index (κ2) is 8.09. The van der Waals surface area contributed by atoms with Gasteiger partial charge in [0, 0.05) is 34.7 Å². The average molecular weight is 431 g/mol. The fourth-order valence-electron chi connectivity index (χ4n) is 3.90. The molecule has 156 valence electrons. The molecule has 0 aliphatic rings. The molecule has 3 aromatic heterocycles. The first-order valence-electron chi connectivity index (χ1n) is 10.4. The third-order valence-corrected chi connectivity index (χ3v) is 6.31. The van der Waals surface area contributed by atoms with Crippen LogP contribution in [0.25, 0.3) is 37.8 Å². The van der Waals surface area contributed by atoms with Gasteiger partial charge in [-0.05, 0) is 5.56 Å². The highest BCUT2D eigenvalue weighted by molar-refractivity contribution is 7.17. The Morgan fingerprint density at radius 3 is 2.55 bits per heavy atom. The average Bonchev–Trinajstić information content (AvgIpc) is 3.22. The minimum atomic E-state index is -0.133. The lowest BCUT2D eigenvalue weighted by Gasteiger charge is -2.12. The molecule has 0 amide bonds. The maximum absolute atomic E-state index is 13.6. The molecule has 0 aliphatic heterocycles. The second-order valence-electron chi connectivity index (χ2n) is 7.98. The fraction of sp³-hybridized carbons (Fsp3) is 0.208. The molecule has 0 saturated carbocycles. The number of rotatable bonds is 6. The lowest BCUT2D eigenvalue weighted by atomic mass is 10.1. The van der Waals surface area contributed by atoms with Gasteiger partial charge in [-0.15, -0.1) is 16.4 Å². The second-order valence-corrected chi connectivity index (χ2v) is 8.84. The van der Waals surface area contributed by atoms with E-state index >= 15 is 0 Å². The Morgan fingerprint density at radius 1 is 1.03 bits per heavy atom. The van der Waals surface area contributed by atoms with E-state index in [1.165, 1.54) is 20.8 Å². The summed E-state index contributed by atoms with van der Waals surface area (Å²) in [6, 6.07) is 18.0. The lowest BCUT2D eigenvalue weighted by Crippen LogP contribution is -3.05. The van der Waals surface area contributed by atoms with Crippen molar-refractivity contribution in [3.05, 3.63) is 70.3 Å². The maximum atomic E-state index is 13.6. The number of benzene rings is 2. The number of aromatic nitrogens is 3. The Kier molecular flexibility index (Phi) is 5.13. The van der Waals surface area contributed by atoms with Gasteiger partial charge in [0.15, 0.2) is 11.5 Å². The lowest BCUT2D eigenvalue weighted by molar-refractivity contribution is -0.858. The molecule has 5 aromatic rings. The normalized spacial score (nSPS) is 11.7. The molecule has 3 heterocycles. The summed E-state index contributed by atoms with van der Waals surface area (Å²) in [5.41, 5.74) is 2.38. The van der Waals surface area contributed by atoms with Gasteiger partial charge in [0.1, 0.15) is 4.83 Å². The van der Waals surface area contributed by atoms with E-state index in [1.807, 2.05) is 60.0 Å². The standard InChI is InChI=1S/C24H23N5OS/c1-28(2)14-8-13-25-21-17-11-6-7-12-18(17)22-26-23-20(24(30)29(22)27-21)19(15-31-23)16-9-4-3-5-10-16/h3-7,9-12,15H,8,13-14H2,1-2H3,(H,25,27)/p+1. The number of nitrogens with one attached hydrogen (secondary N) is 2. The molecule has 0 bridgehead atoms. The van der Waals surface area contributed by atoms with Crippen LogP contribution in [0.5, 0.6) is 0 Å². The molecule has 0 spiro atoms. The van der Waals surface area contributed by atoms with Crippen LogP contribution < -0.4 is 15.8 Å². The molecule has 5 rings (SSSR count). The number of hydrogen-bond donors (Lipinski definition) is 2. The van der Waals surface area contributed by atoms with Gasteiger partial charge in [-0.25, -0.2) is 4.98 Å². The Labute approximate surface area is 183 Å². The van der Waals surface area contributed by atoms with Crippen LogP contribution >= 0.6 is 11.3 Å². The number of anilines is 1. The Hall–Kier alpha value is -3.29. The first-order valence-corrected chi connectivity index (χ1v) is 11.3. The van der Waals surface area contributed by atoms with Gasteiger partial charge in [0.2, 0.25) is 0 Å². The van der Waals surface area contributed by atoms with Gasteiger partial charge in [-0.3, -0.25) is 4.79 Å². The van der Waals surface area contributed by atoms with Crippen molar-refractivity contribution in [1.82, 2.24) is 14.6 Å². The Bertz CT molecular complexity index is 1440. The topological polar surface area (TPSA) is 63.7 Å².